The van der Waals surface area contributed by atoms with Gasteiger partial charge < -0.3 is 10.6 Å². The van der Waals surface area contributed by atoms with E-state index in [1.807, 2.05) is 0 Å². The zero-order valence-corrected chi connectivity index (χ0v) is 10.4. The van der Waals surface area contributed by atoms with Gasteiger partial charge in [-0.1, -0.05) is 40.5 Å². The van der Waals surface area contributed by atoms with Gasteiger partial charge in [0.15, 0.2) is 0 Å². The molecule has 0 aliphatic carbocycles. The predicted molar refractivity (Wildman–Crippen MR) is 64.4 cm³/mol. The van der Waals surface area contributed by atoms with Crippen LogP contribution in [0.25, 0.3) is 0 Å². The molecule has 0 aliphatic heterocycles. The molecule has 0 bridgehead atoms. The largest absolute Gasteiger partial charge is 0.330 e. The Morgan fingerprint density at radius 3 is 2.07 bits per heavy atom. The summed E-state index contributed by atoms with van der Waals surface area (Å²) < 4.78 is 0. The van der Waals surface area contributed by atoms with Crippen molar-refractivity contribution in [3.8, 4) is 0 Å². The summed E-state index contributed by atoms with van der Waals surface area (Å²) in [4.78, 5) is 2.54. The van der Waals surface area contributed by atoms with Crippen LogP contribution in [0.3, 0.4) is 0 Å². The van der Waals surface area contributed by atoms with Crippen LogP contribution in [0.1, 0.15) is 40.5 Å². The van der Waals surface area contributed by atoms with E-state index in [1.54, 1.807) is 0 Å². The summed E-state index contributed by atoms with van der Waals surface area (Å²) in [6.45, 7) is 13.4. The summed E-state index contributed by atoms with van der Waals surface area (Å²) in [5.41, 5.74) is 5.72. The van der Waals surface area contributed by atoms with Crippen LogP contribution in [-0.2, 0) is 0 Å². The van der Waals surface area contributed by atoms with Crippen LogP contribution in [0.5, 0.6) is 0 Å². The highest BCUT2D eigenvalue weighted by Crippen LogP contribution is 2.08. The van der Waals surface area contributed by atoms with Crippen molar-refractivity contribution in [2.24, 2.45) is 17.6 Å². The first-order valence-corrected chi connectivity index (χ1v) is 6.10. The smallest absolute Gasteiger partial charge is 0.00216 e. The lowest BCUT2D eigenvalue weighted by molar-refractivity contribution is 0.209. The van der Waals surface area contributed by atoms with Crippen molar-refractivity contribution in [3.63, 3.8) is 0 Å². The number of nitrogens with two attached hydrogens (primary N) is 1. The molecule has 0 aromatic heterocycles. The average molecular weight is 200 g/mol. The molecule has 0 rings (SSSR count). The number of nitrogens with zero attached hydrogens (tertiary/aromatic N) is 1. The molecule has 2 nitrogen and oxygen atoms in total. The van der Waals surface area contributed by atoms with Gasteiger partial charge in [0.05, 0.1) is 0 Å². The van der Waals surface area contributed by atoms with Crippen molar-refractivity contribution in [1.82, 2.24) is 4.90 Å². The van der Waals surface area contributed by atoms with Crippen LogP contribution in [0.2, 0.25) is 0 Å². The summed E-state index contributed by atoms with van der Waals surface area (Å²) in [6.07, 6.45) is 2.48. The molecule has 2 unspecified atom stereocenters. The van der Waals surface area contributed by atoms with Gasteiger partial charge in [0, 0.05) is 13.1 Å². The molecule has 0 saturated carbocycles. The minimum Gasteiger partial charge on any atom is -0.330 e. The van der Waals surface area contributed by atoms with E-state index in [1.165, 1.54) is 25.9 Å². The van der Waals surface area contributed by atoms with Gasteiger partial charge in [0.25, 0.3) is 0 Å². The zero-order chi connectivity index (χ0) is 11.0. The van der Waals surface area contributed by atoms with Gasteiger partial charge in [0.2, 0.25) is 0 Å². The van der Waals surface area contributed by atoms with Crippen LogP contribution >= 0.6 is 0 Å². The van der Waals surface area contributed by atoms with Gasteiger partial charge in [-0.05, 0) is 24.9 Å². The predicted octanol–water partition coefficient (Wildman–Crippen LogP) is 2.34. The van der Waals surface area contributed by atoms with Crippen molar-refractivity contribution >= 4 is 0 Å². The van der Waals surface area contributed by atoms with E-state index in [9.17, 15) is 0 Å². The fraction of sp³-hybridized carbons (Fsp3) is 1.00. The van der Waals surface area contributed by atoms with E-state index >= 15 is 0 Å². The molecule has 2 N–H and O–H groups in total. The Hall–Kier alpha value is -0.0800. The first-order chi connectivity index (χ1) is 6.67. The van der Waals surface area contributed by atoms with Crippen molar-refractivity contribution < 1.29 is 0 Å². The van der Waals surface area contributed by atoms with Crippen LogP contribution in [-0.4, -0.2) is 31.1 Å². The topological polar surface area (TPSA) is 29.3 Å². The molecule has 86 valence electrons. The fourth-order valence-electron chi connectivity index (χ4n) is 1.64. The Labute approximate surface area is 89.9 Å². The Morgan fingerprint density at radius 2 is 1.71 bits per heavy atom. The van der Waals surface area contributed by atoms with Gasteiger partial charge in [-0.2, -0.15) is 0 Å². The molecule has 0 aliphatic rings. The Bertz CT molecular complexity index is 121. The van der Waals surface area contributed by atoms with E-state index in [2.05, 4.69) is 32.6 Å². The van der Waals surface area contributed by atoms with Crippen LogP contribution in [0.15, 0.2) is 0 Å². The van der Waals surface area contributed by atoms with Gasteiger partial charge in [-0.3, -0.25) is 0 Å². The molecule has 2 atom stereocenters. The highest BCUT2D eigenvalue weighted by Gasteiger charge is 2.11. The van der Waals surface area contributed by atoms with Crippen LogP contribution in [0.4, 0.5) is 0 Å². The van der Waals surface area contributed by atoms with Gasteiger partial charge >= 0.3 is 0 Å². The molecule has 0 radical (unpaired) electrons. The second-order valence-electron chi connectivity index (χ2n) is 4.38. The minimum absolute atomic E-state index is 0.680. The van der Waals surface area contributed by atoms with E-state index in [0.29, 0.717) is 5.92 Å². The molecule has 0 aromatic carbocycles. The average Bonchev–Trinajstić information content (AvgIpc) is 2.23. The lowest BCUT2D eigenvalue weighted by Gasteiger charge is -2.27. The first kappa shape index (κ1) is 13.9. The van der Waals surface area contributed by atoms with Crippen molar-refractivity contribution in [1.29, 1.82) is 0 Å². The van der Waals surface area contributed by atoms with Gasteiger partial charge in [0.1, 0.15) is 0 Å². The molecule has 0 aromatic rings. The van der Waals surface area contributed by atoms with Crippen molar-refractivity contribution in [2.45, 2.75) is 40.5 Å². The van der Waals surface area contributed by atoms with Crippen molar-refractivity contribution in [2.75, 3.05) is 26.2 Å². The second kappa shape index (κ2) is 8.25. The second-order valence-corrected chi connectivity index (χ2v) is 4.38. The van der Waals surface area contributed by atoms with E-state index in [4.69, 9.17) is 5.73 Å². The zero-order valence-electron chi connectivity index (χ0n) is 10.4. The Morgan fingerprint density at radius 1 is 1.07 bits per heavy atom. The quantitative estimate of drug-likeness (QED) is 0.651. The maximum absolute atomic E-state index is 5.72. The highest BCUT2D eigenvalue weighted by molar-refractivity contribution is 4.66. The molecular formula is C12H28N2. The number of rotatable bonds is 8. The third-order valence-corrected chi connectivity index (χ3v) is 3.14. The lowest BCUT2D eigenvalue weighted by atomic mass is 10.0. The summed E-state index contributed by atoms with van der Waals surface area (Å²) in [7, 11) is 0. The SMILES string of the molecule is CCC(C)CN(CC)CC(CC)CN. The maximum Gasteiger partial charge on any atom is 0.00216 e. The highest BCUT2D eigenvalue weighted by atomic mass is 15.1. The van der Waals surface area contributed by atoms with E-state index in [0.717, 1.165) is 19.0 Å². The standard InChI is InChI=1S/C12H28N2/c1-5-11(4)9-14(7-3)10-12(6-2)8-13/h11-12H,5-10,13H2,1-4H3. The maximum atomic E-state index is 5.72. The van der Waals surface area contributed by atoms with Crippen molar-refractivity contribution in [3.05, 3.63) is 0 Å². The summed E-state index contributed by atoms with van der Waals surface area (Å²) >= 11 is 0. The Balaban J connectivity index is 3.88. The summed E-state index contributed by atoms with van der Waals surface area (Å²) in [5.74, 6) is 1.49. The molecule has 0 spiro atoms. The Kier molecular flexibility index (Phi) is 8.20. The third-order valence-electron chi connectivity index (χ3n) is 3.14. The van der Waals surface area contributed by atoms with Gasteiger partial charge in [-0.25, -0.2) is 0 Å². The molecular weight excluding hydrogens is 172 g/mol. The lowest BCUT2D eigenvalue weighted by Crippen LogP contribution is -2.35. The minimum atomic E-state index is 0.680. The fourth-order valence-corrected chi connectivity index (χ4v) is 1.64. The monoisotopic (exact) mass is 200 g/mol. The molecule has 2 heteroatoms. The normalized spacial score (nSPS) is 15.9. The molecule has 0 saturated heterocycles. The third kappa shape index (κ3) is 5.61. The van der Waals surface area contributed by atoms with Crippen LogP contribution < -0.4 is 5.73 Å². The van der Waals surface area contributed by atoms with E-state index < -0.39 is 0 Å². The molecule has 0 heterocycles. The number of hydrogen-bond acceptors (Lipinski definition) is 2. The van der Waals surface area contributed by atoms with E-state index in [-0.39, 0.29) is 0 Å². The van der Waals surface area contributed by atoms with Gasteiger partial charge in [-0.15, -0.1) is 0 Å². The van der Waals surface area contributed by atoms with Crippen LogP contribution in [0, 0.1) is 11.8 Å². The molecule has 0 amide bonds. The first-order valence-electron chi connectivity index (χ1n) is 6.10. The number of hydrogen-bond donors (Lipinski definition) is 1. The summed E-state index contributed by atoms with van der Waals surface area (Å²) in [6, 6.07) is 0. The molecule has 0 fully saturated rings. The molecule has 14 heavy (non-hydrogen) atoms. The summed E-state index contributed by atoms with van der Waals surface area (Å²) in [5, 5.41) is 0.